The summed E-state index contributed by atoms with van der Waals surface area (Å²) in [5.74, 6) is 0.996. The van der Waals surface area contributed by atoms with E-state index in [1.807, 2.05) is 0 Å². The number of thiophene rings is 1. The number of fused-ring (bicyclic) bond motifs is 1. The molecule has 0 spiro atoms. The van der Waals surface area contributed by atoms with Crippen LogP contribution in [0.25, 0.3) is 0 Å². The molecule has 0 saturated carbocycles. The second kappa shape index (κ2) is 5.45. The van der Waals surface area contributed by atoms with Crippen LogP contribution < -0.4 is 4.74 Å². The number of hydrogen-bond acceptors (Lipinski definition) is 2. The van der Waals surface area contributed by atoms with Crippen LogP contribution in [0.3, 0.4) is 0 Å². The van der Waals surface area contributed by atoms with Crippen LogP contribution in [0.15, 0.2) is 34.1 Å². The zero-order chi connectivity index (χ0) is 12.4. The predicted molar refractivity (Wildman–Crippen MR) is 79.4 cm³/mol. The first kappa shape index (κ1) is 12.2. The fraction of sp³-hybridized carbons (Fsp3) is 0.333. The van der Waals surface area contributed by atoms with E-state index < -0.39 is 0 Å². The van der Waals surface area contributed by atoms with Crippen LogP contribution in [-0.4, -0.2) is 0 Å². The van der Waals surface area contributed by atoms with E-state index in [0.717, 1.165) is 10.2 Å². The Morgan fingerprint density at radius 3 is 2.72 bits per heavy atom. The van der Waals surface area contributed by atoms with E-state index in [1.54, 1.807) is 11.3 Å². The van der Waals surface area contributed by atoms with Crippen LogP contribution in [0.4, 0.5) is 0 Å². The molecule has 0 saturated heterocycles. The third-order valence-corrected chi connectivity index (χ3v) is 5.28. The van der Waals surface area contributed by atoms with Gasteiger partial charge in [0, 0.05) is 4.47 Å². The minimum Gasteiger partial charge on any atom is -0.488 e. The molecule has 1 aromatic carbocycles. The minimum absolute atomic E-state index is 0.650. The van der Waals surface area contributed by atoms with Gasteiger partial charge in [-0.3, -0.25) is 0 Å². The van der Waals surface area contributed by atoms with E-state index >= 15 is 0 Å². The molecule has 0 fully saturated rings. The average Bonchev–Trinajstić information content (AvgIpc) is 2.82. The van der Waals surface area contributed by atoms with Gasteiger partial charge in [-0.05, 0) is 76.3 Å². The zero-order valence-corrected chi connectivity index (χ0v) is 12.5. The number of ether oxygens (including phenoxy) is 1. The molecule has 0 N–H and O–H groups in total. The Labute approximate surface area is 120 Å². The van der Waals surface area contributed by atoms with Crippen molar-refractivity contribution in [2.75, 3.05) is 0 Å². The molecule has 0 radical (unpaired) electrons. The van der Waals surface area contributed by atoms with Gasteiger partial charge in [-0.15, -0.1) is 11.3 Å². The molecule has 0 aliphatic heterocycles. The van der Waals surface area contributed by atoms with Gasteiger partial charge in [-0.25, -0.2) is 0 Å². The highest BCUT2D eigenvalue weighted by molar-refractivity contribution is 9.10. The van der Waals surface area contributed by atoms with Gasteiger partial charge in [-0.2, -0.15) is 0 Å². The maximum Gasteiger partial charge on any atom is 0.124 e. The van der Waals surface area contributed by atoms with Crippen molar-refractivity contribution < 1.29 is 4.74 Å². The van der Waals surface area contributed by atoms with Crippen molar-refractivity contribution in [1.29, 1.82) is 0 Å². The van der Waals surface area contributed by atoms with Crippen molar-refractivity contribution in [2.45, 2.75) is 32.3 Å². The van der Waals surface area contributed by atoms with E-state index in [4.69, 9.17) is 4.74 Å². The van der Waals surface area contributed by atoms with Gasteiger partial charge in [0.05, 0.1) is 4.88 Å². The third kappa shape index (κ3) is 2.62. The lowest BCUT2D eigenvalue weighted by Crippen LogP contribution is -2.03. The molecule has 3 heteroatoms. The topological polar surface area (TPSA) is 9.23 Å². The van der Waals surface area contributed by atoms with Crippen LogP contribution in [0.5, 0.6) is 5.75 Å². The van der Waals surface area contributed by atoms with Crippen LogP contribution in [0.2, 0.25) is 0 Å². The molecule has 94 valence electrons. The number of halogens is 1. The number of hydrogen-bond donors (Lipinski definition) is 0. The van der Waals surface area contributed by atoms with Crippen molar-refractivity contribution in [3.05, 3.63) is 50.1 Å². The summed E-state index contributed by atoms with van der Waals surface area (Å²) in [5.41, 5.74) is 2.98. The van der Waals surface area contributed by atoms with Gasteiger partial charge in [0.2, 0.25) is 0 Å². The summed E-state index contributed by atoms with van der Waals surface area (Å²) >= 11 is 5.26. The summed E-state index contributed by atoms with van der Waals surface area (Å²) in [4.78, 5) is 1.24. The molecular weight excluding hydrogens is 308 g/mol. The summed E-state index contributed by atoms with van der Waals surface area (Å²) in [5, 5.41) is 2.08. The van der Waals surface area contributed by atoms with E-state index in [2.05, 4.69) is 45.6 Å². The van der Waals surface area contributed by atoms with Crippen molar-refractivity contribution in [3.63, 3.8) is 0 Å². The molecule has 0 unspecified atom stereocenters. The second-order valence-corrected chi connectivity index (χ2v) is 6.47. The van der Waals surface area contributed by atoms with Gasteiger partial charge in [0.1, 0.15) is 12.4 Å². The number of aryl methyl sites for hydroxylation is 2. The van der Waals surface area contributed by atoms with Crippen molar-refractivity contribution in [2.24, 2.45) is 0 Å². The van der Waals surface area contributed by atoms with Crippen LogP contribution in [0.1, 0.15) is 28.8 Å². The molecule has 2 aromatic rings. The van der Waals surface area contributed by atoms with E-state index in [1.165, 1.54) is 41.7 Å². The minimum atomic E-state index is 0.650. The monoisotopic (exact) mass is 322 g/mol. The molecule has 3 rings (SSSR count). The third-order valence-electron chi connectivity index (χ3n) is 3.38. The first-order valence-electron chi connectivity index (χ1n) is 6.29. The van der Waals surface area contributed by atoms with E-state index in [0.29, 0.717) is 6.61 Å². The second-order valence-electron chi connectivity index (χ2n) is 4.62. The van der Waals surface area contributed by atoms with Gasteiger partial charge in [0.25, 0.3) is 0 Å². The lowest BCUT2D eigenvalue weighted by Gasteiger charge is -2.16. The predicted octanol–water partition coefficient (Wildman–Crippen LogP) is 4.97. The molecule has 0 atom stereocenters. The summed E-state index contributed by atoms with van der Waals surface area (Å²) in [6.07, 6.45) is 5.07. The largest absolute Gasteiger partial charge is 0.488 e. The molecule has 18 heavy (non-hydrogen) atoms. The summed E-state index contributed by atoms with van der Waals surface area (Å²) in [6, 6.07) is 8.62. The maximum absolute atomic E-state index is 5.88. The van der Waals surface area contributed by atoms with E-state index in [9.17, 15) is 0 Å². The van der Waals surface area contributed by atoms with Crippen LogP contribution in [0, 0.1) is 0 Å². The molecular formula is C15H15BrOS. The Bertz CT molecular complexity index is 547. The van der Waals surface area contributed by atoms with Crippen molar-refractivity contribution in [3.8, 4) is 5.75 Å². The Kier molecular flexibility index (Phi) is 3.71. The molecule has 1 aliphatic carbocycles. The molecule has 1 aromatic heterocycles. The fourth-order valence-corrected chi connectivity index (χ4v) is 3.75. The summed E-state index contributed by atoms with van der Waals surface area (Å²) < 4.78 is 7.02. The quantitative estimate of drug-likeness (QED) is 0.775. The summed E-state index contributed by atoms with van der Waals surface area (Å²) in [6.45, 7) is 0.650. The molecule has 1 aliphatic rings. The highest BCUT2D eigenvalue weighted by atomic mass is 79.9. The Balaban J connectivity index is 1.71. The summed E-state index contributed by atoms with van der Waals surface area (Å²) in [7, 11) is 0. The van der Waals surface area contributed by atoms with E-state index in [-0.39, 0.29) is 0 Å². The Morgan fingerprint density at radius 2 is 1.94 bits per heavy atom. The Hall–Kier alpha value is -0.800. The zero-order valence-electron chi connectivity index (χ0n) is 10.1. The van der Waals surface area contributed by atoms with Crippen LogP contribution >= 0.6 is 27.3 Å². The first-order valence-corrected chi connectivity index (χ1v) is 7.96. The average molecular weight is 323 g/mol. The highest BCUT2D eigenvalue weighted by Gasteiger charge is 2.10. The lowest BCUT2D eigenvalue weighted by molar-refractivity contribution is 0.308. The van der Waals surface area contributed by atoms with Crippen molar-refractivity contribution >= 4 is 27.3 Å². The number of benzene rings is 1. The van der Waals surface area contributed by atoms with Crippen molar-refractivity contribution in [1.82, 2.24) is 0 Å². The lowest BCUT2D eigenvalue weighted by atomic mass is 9.92. The van der Waals surface area contributed by atoms with Gasteiger partial charge in [0.15, 0.2) is 0 Å². The van der Waals surface area contributed by atoms with Gasteiger partial charge < -0.3 is 4.74 Å². The fourth-order valence-electron chi connectivity index (χ4n) is 2.38. The highest BCUT2D eigenvalue weighted by Crippen LogP contribution is 2.27. The smallest absolute Gasteiger partial charge is 0.124 e. The first-order chi connectivity index (χ1) is 8.83. The maximum atomic E-state index is 5.88. The van der Waals surface area contributed by atoms with Gasteiger partial charge in [-0.1, -0.05) is 6.07 Å². The Morgan fingerprint density at radius 1 is 1.11 bits per heavy atom. The molecule has 1 heterocycles. The molecule has 0 amide bonds. The number of rotatable bonds is 3. The van der Waals surface area contributed by atoms with Crippen LogP contribution in [-0.2, 0) is 19.4 Å². The standard InChI is InChI=1S/C15H15BrOS/c16-14-7-8-18-15(14)10-17-13-6-5-11-3-1-2-4-12(11)9-13/h5-9H,1-4,10H2. The van der Waals surface area contributed by atoms with Gasteiger partial charge >= 0.3 is 0 Å². The molecule has 1 nitrogen and oxygen atoms in total. The SMILES string of the molecule is Brc1ccsc1COc1ccc2c(c1)CCCC2. The normalized spacial score (nSPS) is 14.3. The molecule has 0 bridgehead atoms.